The van der Waals surface area contributed by atoms with Gasteiger partial charge in [-0.2, -0.15) is 0 Å². The molecule has 1 amide bonds. The van der Waals surface area contributed by atoms with Gasteiger partial charge in [0.25, 0.3) is 5.91 Å². The Hall–Kier alpha value is -3.10. The second-order valence-corrected chi connectivity index (χ2v) is 10.4. The average molecular weight is 506 g/mol. The number of likely N-dealkylation sites (N-methyl/N-ethyl adjacent to an activating group) is 1. The molecule has 4 aliphatic rings. The van der Waals surface area contributed by atoms with Crippen molar-refractivity contribution in [3.63, 3.8) is 0 Å². The number of piperidine rings is 1. The van der Waals surface area contributed by atoms with E-state index in [1.165, 1.54) is 11.1 Å². The van der Waals surface area contributed by atoms with E-state index in [1.54, 1.807) is 30.3 Å². The number of rotatable bonds is 8. The Labute approximate surface area is 218 Å². The number of amides is 1. The molecule has 0 N–H and O–H groups in total. The summed E-state index contributed by atoms with van der Waals surface area (Å²) in [6.07, 6.45) is 7.55. The third-order valence-electron chi connectivity index (χ3n) is 8.74. The number of hydrogen-bond acceptors (Lipinski definition) is 7. The molecule has 2 aliphatic carbocycles. The summed E-state index contributed by atoms with van der Waals surface area (Å²) in [4.78, 5) is 21.5. The smallest absolute Gasteiger partial charge is 0.255 e. The van der Waals surface area contributed by atoms with E-state index in [4.69, 9.17) is 18.9 Å². The van der Waals surface area contributed by atoms with Crippen LogP contribution < -0.4 is 14.2 Å². The predicted octanol–water partition coefficient (Wildman–Crippen LogP) is 3.44. The van der Waals surface area contributed by atoms with E-state index in [-0.39, 0.29) is 30.3 Å². The fourth-order valence-electron chi connectivity index (χ4n) is 6.96. The number of benzene rings is 1. The van der Waals surface area contributed by atoms with Gasteiger partial charge >= 0.3 is 0 Å². The molecule has 3 heterocycles. The van der Waals surface area contributed by atoms with Crippen molar-refractivity contribution < 1.29 is 23.7 Å². The van der Waals surface area contributed by atoms with Crippen molar-refractivity contribution in [2.45, 2.75) is 50.4 Å². The zero-order valence-electron chi connectivity index (χ0n) is 22.0. The van der Waals surface area contributed by atoms with Crippen LogP contribution in [-0.2, 0) is 16.6 Å². The van der Waals surface area contributed by atoms with Crippen LogP contribution >= 0.6 is 0 Å². The van der Waals surface area contributed by atoms with Gasteiger partial charge in [0.05, 0.1) is 5.56 Å². The topological polar surface area (TPSA) is 73.4 Å². The number of hydrogen-bond donors (Lipinski definition) is 0. The van der Waals surface area contributed by atoms with Crippen molar-refractivity contribution in [1.82, 2.24) is 14.8 Å². The molecular weight excluding hydrogens is 470 g/mol. The third kappa shape index (κ3) is 3.64. The lowest BCUT2D eigenvalue weighted by Crippen LogP contribution is -2.65. The van der Waals surface area contributed by atoms with Crippen molar-refractivity contribution in [2.24, 2.45) is 5.92 Å². The number of pyridine rings is 1. The monoisotopic (exact) mass is 505 g/mol. The van der Waals surface area contributed by atoms with Gasteiger partial charge in [-0.1, -0.05) is 12.1 Å². The van der Waals surface area contributed by atoms with Crippen molar-refractivity contribution in [3.8, 4) is 17.4 Å². The van der Waals surface area contributed by atoms with Gasteiger partial charge in [-0.15, -0.1) is 0 Å². The minimum atomic E-state index is -0.314. The fraction of sp³-hybridized carbons (Fsp3) is 0.517. The predicted molar refractivity (Wildman–Crippen MR) is 138 cm³/mol. The molecule has 6 rings (SSSR count). The van der Waals surface area contributed by atoms with Gasteiger partial charge in [-0.3, -0.25) is 4.79 Å². The lowest BCUT2D eigenvalue weighted by atomic mass is 9.53. The summed E-state index contributed by atoms with van der Waals surface area (Å²) in [7, 11) is 3.85. The maximum absolute atomic E-state index is 12.7. The number of carbonyl (C=O) groups is 1. The number of carbonyl (C=O) groups excluding carboxylic acids is 1. The number of ether oxygens (including phenoxy) is 4. The number of likely N-dealkylation sites (tertiary alicyclic amines) is 1. The third-order valence-corrected chi connectivity index (χ3v) is 8.74. The van der Waals surface area contributed by atoms with E-state index in [2.05, 4.69) is 35.1 Å². The number of nitrogens with zero attached hydrogens (tertiary/aromatic N) is 3. The molecule has 1 aromatic carbocycles. The molecule has 1 spiro atoms. The van der Waals surface area contributed by atoms with Crippen LogP contribution in [0.3, 0.4) is 0 Å². The Morgan fingerprint density at radius 3 is 2.78 bits per heavy atom. The summed E-state index contributed by atoms with van der Waals surface area (Å²) in [6, 6.07) is 8.20. The van der Waals surface area contributed by atoms with Gasteiger partial charge in [0.15, 0.2) is 24.4 Å². The Balaban J connectivity index is 1.33. The lowest BCUT2D eigenvalue weighted by molar-refractivity contribution is -0.0396. The largest absolute Gasteiger partial charge is 0.481 e. The minimum absolute atomic E-state index is 0.0198. The summed E-state index contributed by atoms with van der Waals surface area (Å²) in [6.45, 7) is 6.45. The Morgan fingerprint density at radius 2 is 2.05 bits per heavy atom. The summed E-state index contributed by atoms with van der Waals surface area (Å²) in [5, 5.41) is 0. The van der Waals surface area contributed by atoms with Crippen LogP contribution in [0.25, 0.3) is 0 Å². The van der Waals surface area contributed by atoms with Gasteiger partial charge in [0, 0.05) is 55.4 Å². The van der Waals surface area contributed by atoms with Crippen LogP contribution in [0.15, 0.2) is 42.6 Å². The highest BCUT2D eigenvalue weighted by Gasteiger charge is 2.65. The van der Waals surface area contributed by atoms with Crippen LogP contribution in [0.1, 0.15) is 41.8 Å². The molecule has 8 heteroatoms. The Bertz CT molecular complexity index is 1210. The molecule has 2 bridgehead atoms. The van der Waals surface area contributed by atoms with Crippen LogP contribution in [0.4, 0.5) is 0 Å². The van der Waals surface area contributed by atoms with Gasteiger partial charge in [0.1, 0.15) is 6.10 Å². The van der Waals surface area contributed by atoms with Gasteiger partial charge in [-0.25, -0.2) is 4.98 Å². The molecule has 2 aromatic rings. The maximum atomic E-state index is 12.7. The van der Waals surface area contributed by atoms with E-state index in [0.29, 0.717) is 36.5 Å². The molecule has 0 radical (unpaired) electrons. The molecule has 0 unspecified atom stereocenters. The molecule has 8 nitrogen and oxygen atoms in total. The molecule has 1 aromatic heterocycles. The summed E-state index contributed by atoms with van der Waals surface area (Å²) in [5.41, 5.74) is 3.01. The molecule has 196 valence electrons. The number of methoxy groups -OCH3 is 1. The first-order valence-corrected chi connectivity index (χ1v) is 13.3. The van der Waals surface area contributed by atoms with Gasteiger partial charge in [-0.05, 0) is 64.1 Å². The minimum Gasteiger partial charge on any atom is -0.481 e. The van der Waals surface area contributed by atoms with E-state index >= 15 is 0 Å². The van der Waals surface area contributed by atoms with Crippen molar-refractivity contribution in [2.75, 3.05) is 40.6 Å². The highest BCUT2D eigenvalue weighted by atomic mass is 16.7. The Kier molecular flexibility index (Phi) is 6.12. The van der Waals surface area contributed by atoms with E-state index < -0.39 is 0 Å². The zero-order chi connectivity index (χ0) is 25.7. The maximum Gasteiger partial charge on any atom is 0.255 e. The van der Waals surface area contributed by atoms with Crippen LogP contribution in [0, 0.1) is 5.92 Å². The SMILES string of the molecule is CCN(CC)C(=O)c1ccc(O[C@H]2C=C[C@H]3[C@H]4Cc5ccc(OCOC)c6c5[C@@]3(CCN4C)[C@H]2O6)nc1. The average Bonchev–Trinajstić information content (AvgIpc) is 3.27. The van der Waals surface area contributed by atoms with Gasteiger partial charge < -0.3 is 28.7 Å². The highest BCUT2D eigenvalue weighted by molar-refractivity contribution is 5.93. The quantitative estimate of drug-likeness (QED) is 0.402. The molecule has 37 heavy (non-hydrogen) atoms. The first kappa shape index (κ1) is 24.2. The molecule has 1 saturated heterocycles. The van der Waals surface area contributed by atoms with E-state index in [1.807, 2.05) is 19.9 Å². The molecule has 5 atom stereocenters. The summed E-state index contributed by atoms with van der Waals surface area (Å²) in [5.74, 6) is 2.35. The first-order valence-electron chi connectivity index (χ1n) is 13.3. The summed E-state index contributed by atoms with van der Waals surface area (Å²) >= 11 is 0. The number of aromatic nitrogens is 1. The van der Waals surface area contributed by atoms with E-state index in [9.17, 15) is 4.79 Å². The molecular formula is C29H35N3O5. The second-order valence-electron chi connectivity index (χ2n) is 10.4. The standard InChI is InChI=1S/C29H35N3O5/c1-5-32(6-2)28(33)19-8-12-24(30-16-19)36-23-11-9-20-21-15-18-7-10-22(35-17-34-4)26-25(18)29(20,27(23)37-26)13-14-31(21)3/h7-12,16,20-21,23,27H,5-6,13-15,17H2,1-4H3/t20-,21+,23-,27-,29-/m0/s1. The molecule has 1 fully saturated rings. The molecule has 0 saturated carbocycles. The van der Waals surface area contributed by atoms with Crippen LogP contribution in [-0.4, -0.2) is 79.5 Å². The van der Waals surface area contributed by atoms with E-state index in [0.717, 1.165) is 30.9 Å². The van der Waals surface area contributed by atoms with Crippen LogP contribution in [0.2, 0.25) is 0 Å². The van der Waals surface area contributed by atoms with Crippen molar-refractivity contribution >= 4 is 5.91 Å². The normalized spacial score (nSPS) is 28.9. The Morgan fingerprint density at radius 1 is 1.22 bits per heavy atom. The lowest BCUT2D eigenvalue weighted by Gasteiger charge is -2.56. The van der Waals surface area contributed by atoms with Crippen molar-refractivity contribution in [1.29, 1.82) is 0 Å². The van der Waals surface area contributed by atoms with Crippen molar-refractivity contribution in [3.05, 3.63) is 59.3 Å². The highest BCUT2D eigenvalue weighted by Crippen LogP contribution is 2.62. The zero-order valence-corrected chi connectivity index (χ0v) is 22.0. The molecule has 2 aliphatic heterocycles. The van der Waals surface area contributed by atoms with Gasteiger partial charge in [0.2, 0.25) is 5.88 Å². The van der Waals surface area contributed by atoms with Crippen LogP contribution in [0.5, 0.6) is 17.4 Å². The second kappa shape index (κ2) is 9.33. The fourth-order valence-corrected chi connectivity index (χ4v) is 6.96. The first-order chi connectivity index (χ1) is 18.0. The summed E-state index contributed by atoms with van der Waals surface area (Å²) < 4.78 is 24.4.